The number of aliphatic hydroxyl groups is 1. The van der Waals surface area contributed by atoms with Crippen LogP contribution in [0, 0.1) is 0 Å². The summed E-state index contributed by atoms with van der Waals surface area (Å²) >= 11 is 0. The number of nitrogens with zero attached hydrogens (tertiary/aromatic N) is 1. The number of carbonyl (C=O) groups excluding carboxylic acids is 1. The number of piperidine rings is 1. The number of amides is 1. The van der Waals surface area contributed by atoms with Crippen LogP contribution < -0.4 is 5.32 Å². The van der Waals surface area contributed by atoms with Crippen molar-refractivity contribution in [3.05, 3.63) is 0 Å². The Labute approximate surface area is 98.0 Å². The summed E-state index contributed by atoms with van der Waals surface area (Å²) in [6.45, 7) is 5.41. The molecular weight excluding hydrogens is 204 g/mol. The van der Waals surface area contributed by atoms with E-state index in [1.54, 1.807) is 0 Å². The summed E-state index contributed by atoms with van der Waals surface area (Å²) in [4.78, 5) is 13.8. The molecule has 1 heterocycles. The molecule has 0 saturated carbocycles. The van der Waals surface area contributed by atoms with E-state index in [9.17, 15) is 4.79 Å². The van der Waals surface area contributed by atoms with Crippen molar-refractivity contribution in [1.29, 1.82) is 0 Å². The molecule has 1 rings (SSSR count). The SMILES string of the molecule is CC(CN1CCCCC1)NC(=O)CCCO. The van der Waals surface area contributed by atoms with Gasteiger partial charge in [0.1, 0.15) is 0 Å². The van der Waals surface area contributed by atoms with E-state index in [0.29, 0.717) is 12.8 Å². The normalized spacial score (nSPS) is 19.4. The van der Waals surface area contributed by atoms with Crippen LogP contribution in [0.5, 0.6) is 0 Å². The highest BCUT2D eigenvalue weighted by molar-refractivity contribution is 5.76. The van der Waals surface area contributed by atoms with Gasteiger partial charge in [0.05, 0.1) is 0 Å². The predicted octanol–water partition coefficient (Wildman–Crippen LogP) is 0.749. The second-order valence-electron chi connectivity index (χ2n) is 4.66. The molecule has 1 aliphatic rings. The fourth-order valence-electron chi connectivity index (χ4n) is 2.16. The number of rotatable bonds is 6. The average Bonchev–Trinajstić information content (AvgIpc) is 2.27. The molecule has 0 bridgehead atoms. The molecule has 4 nitrogen and oxygen atoms in total. The Morgan fingerprint density at radius 2 is 2.06 bits per heavy atom. The van der Waals surface area contributed by atoms with Gasteiger partial charge in [-0.1, -0.05) is 6.42 Å². The van der Waals surface area contributed by atoms with Crippen LogP contribution >= 0.6 is 0 Å². The second-order valence-corrected chi connectivity index (χ2v) is 4.66. The Balaban J connectivity index is 2.13. The lowest BCUT2D eigenvalue weighted by molar-refractivity contribution is -0.122. The number of hydrogen-bond donors (Lipinski definition) is 2. The van der Waals surface area contributed by atoms with Gasteiger partial charge in [-0.05, 0) is 39.3 Å². The van der Waals surface area contributed by atoms with Gasteiger partial charge in [-0.2, -0.15) is 0 Å². The summed E-state index contributed by atoms with van der Waals surface area (Å²) in [6.07, 6.45) is 4.90. The molecule has 4 heteroatoms. The van der Waals surface area contributed by atoms with Gasteiger partial charge < -0.3 is 15.3 Å². The van der Waals surface area contributed by atoms with Crippen LogP contribution in [0.2, 0.25) is 0 Å². The van der Waals surface area contributed by atoms with E-state index in [4.69, 9.17) is 5.11 Å². The van der Waals surface area contributed by atoms with Gasteiger partial charge in [0.25, 0.3) is 0 Å². The van der Waals surface area contributed by atoms with Gasteiger partial charge in [0, 0.05) is 25.6 Å². The first-order valence-electron chi connectivity index (χ1n) is 6.35. The van der Waals surface area contributed by atoms with Crippen molar-refractivity contribution in [2.45, 2.75) is 45.1 Å². The maximum Gasteiger partial charge on any atom is 0.220 e. The number of likely N-dealkylation sites (tertiary alicyclic amines) is 1. The molecule has 0 aromatic heterocycles. The quantitative estimate of drug-likeness (QED) is 0.705. The molecule has 1 aliphatic heterocycles. The lowest BCUT2D eigenvalue weighted by Gasteiger charge is -2.29. The first kappa shape index (κ1) is 13.5. The zero-order valence-corrected chi connectivity index (χ0v) is 10.2. The Morgan fingerprint density at radius 1 is 1.38 bits per heavy atom. The minimum absolute atomic E-state index is 0.0542. The summed E-state index contributed by atoms with van der Waals surface area (Å²) in [7, 11) is 0. The topological polar surface area (TPSA) is 52.6 Å². The molecule has 1 fully saturated rings. The van der Waals surface area contributed by atoms with Crippen molar-refractivity contribution in [2.24, 2.45) is 0 Å². The lowest BCUT2D eigenvalue weighted by atomic mass is 10.1. The minimum atomic E-state index is 0.0542. The van der Waals surface area contributed by atoms with Crippen LogP contribution in [0.15, 0.2) is 0 Å². The molecule has 2 N–H and O–H groups in total. The standard InChI is InChI=1S/C12H24N2O2/c1-11(13-12(16)6-5-9-15)10-14-7-3-2-4-8-14/h11,15H,2-10H2,1H3,(H,13,16). The molecule has 94 valence electrons. The van der Waals surface area contributed by atoms with E-state index in [1.165, 1.54) is 19.3 Å². The maximum atomic E-state index is 11.4. The molecule has 0 aromatic rings. The van der Waals surface area contributed by atoms with Crippen molar-refractivity contribution in [2.75, 3.05) is 26.2 Å². The maximum absolute atomic E-state index is 11.4. The van der Waals surface area contributed by atoms with E-state index in [-0.39, 0.29) is 18.6 Å². The first-order chi connectivity index (χ1) is 7.72. The molecular formula is C12H24N2O2. The van der Waals surface area contributed by atoms with Crippen LogP contribution in [0.3, 0.4) is 0 Å². The van der Waals surface area contributed by atoms with Gasteiger partial charge in [-0.3, -0.25) is 4.79 Å². The van der Waals surface area contributed by atoms with Crippen molar-refractivity contribution in [3.63, 3.8) is 0 Å². The molecule has 0 spiro atoms. The summed E-state index contributed by atoms with van der Waals surface area (Å²) in [5.74, 6) is 0.0542. The molecule has 1 saturated heterocycles. The number of aliphatic hydroxyl groups excluding tert-OH is 1. The fraction of sp³-hybridized carbons (Fsp3) is 0.917. The van der Waals surface area contributed by atoms with Crippen LogP contribution in [-0.4, -0.2) is 48.2 Å². The fourth-order valence-corrected chi connectivity index (χ4v) is 2.16. The zero-order chi connectivity index (χ0) is 11.8. The number of nitrogens with one attached hydrogen (secondary N) is 1. The van der Waals surface area contributed by atoms with Gasteiger partial charge in [-0.15, -0.1) is 0 Å². The first-order valence-corrected chi connectivity index (χ1v) is 6.35. The zero-order valence-electron chi connectivity index (χ0n) is 10.2. The minimum Gasteiger partial charge on any atom is -0.396 e. The molecule has 0 radical (unpaired) electrons. The van der Waals surface area contributed by atoms with Gasteiger partial charge >= 0.3 is 0 Å². The highest BCUT2D eigenvalue weighted by Gasteiger charge is 2.14. The number of carbonyl (C=O) groups is 1. The number of hydrogen-bond acceptors (Lipinski definition) is 3. The monoisotopic (exact) mass is 228 g/mol. The smallest absolute Gasteiger partial charge is 0.220 e. The largest absolute Gasteiger partial charge is 0.396 e. The highest BCUT2D eigenvalue weighted by Crippen LogP contribution is 2.08. The predicted molar refractivity (Wildman–Crippen MR) is 64.2 cm³/mol. The lowest BCUT2D eigenvalue weighted by Crippen LogP contribution is -2.43. The van der Waals surface area contributed by atoms with Crippen molar-refractivity contribution in [1.82, 2.24) is 10.2 Å². The van der Waals surface area contributed by atoms with E-state index in [2.05, 4.69) is 10.2 Å². The summed E-state index contributed by atoms with van der Waals surface area (Å²) in [5.41, 5.74) is 0. The third kappa shape index (κ3) is 5.47. The molecule has 16 heavy (non-hydrogen) atoms. The molecule has 0 aliphatic carbocycles. The highest BCUT2D eigenvalue weighted by atomic mass is 16.3. The molecule has 1 unspecified atom stereocenters. The van der Waals surface area contributed by atoms with Crippen molar-refractivity contribution >= 4 is 5.91 Å². The van der Waals surface area contributed by atoms with Gasteiger partial charge in [0.15, 0.2) is 0 Å². The molecule has 1 amide bonds. The van der Waals surface area contributed by atoms with Crippen LogP contribution in [0.25, 0.3) is 0 Å². The van der Waals surface area contributed by atoms with Crippen molar-refractivity contribution in [3.8, 4) is 0 Å². The van der Waals surface area contributed by atoms with Gasteiger partial charge in [-0.25, -0.2) is 0 Å². The molecule has 1 atom stereocenters. The third-order valence-corrected chi connectivity index (χ3v) is 2.95. The summed E-state index contributed by atoms with van der Waals surface area (Å²) in [5, 5.41) is 11.6. The van der Waals surface area contributed by atoms with Gasteiger partial charge in [0.2, 0.25) is 5.91 Å². The second kappa shape index (κ2) is 7.63. The summed E-state index contributed by atoms with van der Waals surface area (Å²) in [6, 6.07) is 0.212. The Hall–Kier alpha value is -0.610. The van der Waals surface area contributed by atoms with E-state index in [0.717, 1.165) is 19.6 Å². The Bertz CT molecular complexity index is 203. The van der Waals surface area contributed by atoms with Crippen LogP contribution in [0.4, 0.5) is 0 Å². The summed E-state index contributed by atoms with van der Waals surface area (Å²) < 4.78 is 0. The van der Waals surface area contributed by atoms with Crippen LogP contribution in [0.1, 0.15) is 39.0 Å². The van der Waals surface area contributed by atoms with E-state index in [1.807, 2.05) is 6.92 Å². The Morgan fingerprint density at radius 3 is 2.69 bits per heavy atom. The van der Waals surface area contributed by atoms with Crippen molar-refractivity contribution < 1.29 is 9.90 Å². The van der Waals surface area contributed by atoms with E-state index < -0.39 is 0 Å². The van der Waals surface area contributed by atoms with Crippen LogP contribution in [-0.2, 0) is 4.79 Å². The third-order valence-electron chi connectivity index (χ3n) is 2.95. The average molecular weight is 228 g/mol. The molecule has 0 aromatic carbocycles. The Kier molecular flexibility index (Phi) is 6.42. The van der Waals surface area contributed by atoms with E-state index >= 15 is 0 Å².